The largest absolute Gasteiger partial charge is 0.487 e. The zero-order valence-corrected chi connectivity index (χ0v) is 17.3. The highest BCUT2D eigenvalue weighted by Gasteiger charge is 2.11. The fourth-order valence-electron chi connectivity index (χ4n) is 2.86. The monoisotopic (exact) mass is 419 g/mol. The first kappa shape index (κ1) is 19.8. The molecule has 0 bridgehead atoms. The van der Waals surface area contributed by atoms with Gasteiger partial charge in [-0.3, -0.25) is 9.78 Å². The number of furan rings is 1. The lowest BCUT2D eigenvalue weighted by Crippen LogP contribution is -2.24. The maximum atomic E-state index is 12.3. The van der Waals surface area contributed by atoms with Crippen LogP contribution >= 0.6 is 11.3 Å². The SMILES string of the molecule is Cc1ccc(-c2nc(CC(=O)NCc3cccc(OCc4ccccn4)c3)cs2)o1. The summed E-state index contributed by atoms with van der Waals surface area (Å²) >= 11 is 1.47. The number of hydrogen-bond donors (Lipinski definition) is 1. The molecule has 0 aliphatic carbocycles. The molecule has 0 saturated heterocycles. The number of carbonyl (C=O) groups excluding carboxylic acids is 1. The summed E-state index contributed by atoms with van der Waals surface area (Å²) in [7, 11) is 0. The van der Waals surface area contributed by atoms with Gasteiger partial charge in [0.1, 0.15) is 18.1 Å². The van der Waals surface area contributed by atoms with Crippen LogP contribution in [0, 0.1) is 6.92 Å². The molecule has 0 spiro atoms. The molecule has 3 aromatic heterocycles. The van der Waals surface area contributed by atoms with E-state index in [0.29, 0.717) is 13.2 Å². The molecule has 0 atom stereocenters. The van der Waals surface area contributed by atoms with Crippen molar-refractivity contribution in [2.75, 3.05) is 0 Å². The minimum absolute atomic E-state index is 0.0812. The van der Waals surface area contributed by atoms with E-state index in [1.54, 1.807) is 6.20 Å². The number of thiazole rings is 1. The molecule has 152 valence electrons. The minimum atomic E-state index is -0.0812. The number of ether oxygens (including phenoxy) is 1. The molecule has 0 saturated carbocycles. The van der Waals surface area contributed by atoms with Crippen LogP contribution in [-0.2, 0) is 24.4 Å². The Hall–Kier alpha value is -3.45. The fourth-order valence-corrected chi connectivity index (χ4v) is 3.64. The standard InChI is InChI=1S/C23H21N3O3S/c1-16-8-9-21(29-16)23-26-19(15-30-23)12-22(27)25-13-17-5-4-7-20(11-17)28-14-18-6-2-3-10-24-18/h2-11,15H,12-14H2,1H3,(H,25,27). The molecule has 1 aromatic carbocycles. The van der Waals surface area contributed by atoms with Crippen LogP contribution in [-0.4, -0.2) is 15.9 Å². The number of aryl methyl sites for hydroxylation is 1. The molecule has 1 N–H and O–H groups in total. The summed E-state index contributed by atoms with van der Waals surface area (Å²) in [6, 6.07) is 17.2. The predicted octanol–water partition coefficient (Wildman–Crippen LogP) is 4.54. The van der Waals surface area contributed by atoms with Crippen LogP contribution in [0.1, 0.15) is 22.7 Å². The van der Waals surface area contributed by atoms with Gasteiger partial charge in [-0.05, 0) is 48.9 Å². The van der Waals surface area contributed by atoms with E-state index in [-0.39, 0.29) is 12.3 Å². The lowest BCUT2D eigenvalue weighted by molar-refractivity contribution is -0.120. The number of amides is 1. The van der Waals surface area contributed by atoms with Crippen molar-refractivity contribution in [1.29, 1.82) is 0 Å². The summed E-state index contributed by atoms with van der Waals surface area (Å²) in [4.78, 5) is 21.1. The molecule has 0 radical (unpaired) electrons. The van der Waals surface area contributed by atoms with E-state index in [2.05, 4.69) is 15.3 Å². The van der Waals surface area contributed by atoms with Crippen LogP contribution in [0.25, 0.3) is 10.8 Å². The van der Waals surface area contributed by atoms with Gasteiger partial charge in [0.15, 0.2) is 10.8 Å². The van der Waals surface area contributed by atoms with Gasteiger partial charge < -0.3 is 14.5 Å². The van der Waals surface area contributed by atoms with E-state index in [9.17, 15) is 4.79 Å². The third kappa shape index (κ3) is 5.33. The lowest BCUT2D eigenvalue weighted by Gasteiger charge is -2.09. The maximum Gasteiger partial charge on any atom is 0.226 e. The third-order valence-corrected chi connectivity index (χ3v) is 5.25. The lowest BCUT2D eigenvalue weighted by atomic mass is 10.2. The van der Waals surface area contributed by atoms with Crippen LogP contribution in [0.4, 0.5) is 0 Å². The van der Waals surface area contributed by atoms with E-state index < -0.39 is 0 Å². The van der Waals surface area contributed by atoms with Gasteiger partial charge in [0.05, 0.1) is 17.8 Å². The van der Waals surface area contributed by atoms with Gasteiger partial charge in [-0.15, -0.1) is 11.3 Å². The number of benzene rings is 1. The van der Waals surface area contributed by atoms with Gasteiger partial charge >= 0.3 is 0 Å². The Morgan fingerprint density at radius 3 is 2.87 bits per heavy atom. The van der Waals surface area contributed by atoms with Gasteiger partial charge in [0.2, 0.25) is 5.91 Å². The summed E-state index contributed by atoms with van der Waals surface area (Å²) in [6.45, 7) is 2.72. The average Bonchev–Trinajstić information content (AvgIpc) is 3.41. The molecule has 4 rings (SSSR count). The molecular weight excluding hydrogens is 398 g/mol. The molecule has 3 heterocycles. The Bertz CT molecular complexity index is 1120. The van der Waals surface area contributed by atoms with Crippen molar-refractivity contribution in [2.45, 2.75) is 26.5 Å². The highest BCUT2D eigenvalue weighted by Crippen LogP contribution is 2.25. The molecule has 7 heteroatoms. The van der Waals surface area contributed by atoms with Crippen LogP contribution in [0.3, 0.4) is 0 Å². The summed E-state index contributed by atoms with van der Waals surface area (Å²) in [5.41, 5.74) is 2.56. The van der Waals surface area contributed by atoms with E-state index in [1.165, 1.54) is 11.3 Å². The first-order chi connectivity index (χ1) is 14.7. The van der Waals surface area contributed by atoms with Crippen molar-refractivity contribution in [3.05, 3.63) is 88.9 Å². The predicted molar refractivity (Wildman–Crippen MR) is 115 cm³/mol. The molecule has 30 heavy (non-hydrogen) atoms. The van der Waals surface area contributed by atoms with Crippen molar-refractivity contribution in [1.82, 2.24) is 15.3 Å². The van der Waals surface area contributed by atoms with Gasteiger partial charge in [0, 0.05) is 18.1 Å². The molecule has 6 nitrogen and oxygen atoms in total. The van der Waals surface area contributed by atoms with Crippen molar-refractivity contribution in [3.63, 3.8) is 0 Å². The summed E-state index contributed by atoms with van der Waals surface area (Å²) in [6.07, 6.45) is 1.97. The summed E-state index contributed by atoms with van der Waals surface area (Å²) < 4.78 is 11.4. The molecular formula is C23H21N3O3S. The third-order valence-electron chi connectivity index (χ3n) is 4.35. The number of hydrogen-bond acceptors (Lipinski definition) is 6. The Morgan fingerprint density at radius 1 is 1.13 bits per heavy atom. The summed E-state index contributed by atoms with van der Waals surface area (Å²) in [5.74, 6) is 2.23. The first-order valence-electron chi connectivity index (χ1n) is 9.55. The van der Waals surface area contributed by atoms with E-state index in [4.69, 9.17) is 9.15 Å². The quantitative estimate of drug-likeness (QED) is 0.454. The topological polar surface area (TPSA) is 77.2 Å². The van der Waals surface area contributed by atoms with E-state index >= 15 is 0 Å². The second kappa shape index (κ2) is 9.37. The number of aromatic nitrogens is 2. The Balaban J connectivity index is 1.28. The van der Waals surface area contributed by atoms with E-state index in [1.807, 2.05) is 66.9 Å². The van der Waals surface area contributed by atoms with Crippen molar-refractivity contribution < 1.29 is 13.9 Å². The smallest absolute Gasteiger partial charge is 0.226 e. The normalized spacial score (nSPS) is 10.7. The van der Waals surface area contributed by atoms with Crippen molar-refractivity contribution in [3.8, 4) is 16.5 Å². The Morgan fingerprint density at radius 2 is 2.07 bits per heavy atom. The van der Waals surface area contributed by atoms with Crippen LogP contribution in [0.15, 0.2) is 70.6 Å². The first-order valence-corrected chi connectivity index (χ1v) is 10.4. The van der Waals surface area contributed by atoms with Crippen LogP contribution in [0.2, 0.25) is 0 Å². The van der Waals surface area contributed by atoms with Gasteiger partial charge in [-0.1, -0.05) is 18.2 Å². The van der Waals surface area contributed by atoms with Crippen LogP contribution in [0.5, 0.6) is 5.75 Å². The van der Waals surface area contributed by atoms with E-state index in [0.717, 1.165) is 39.2 Å². The number of rotatable bonds is 8. The van der Waals surface area contributed by atoms with Gasteiger partial charge in [-0.25, -0.2) is 4.98 Å². The Labute approximate surface area is 178 Å². The van der Waals surface area contributed by atoms with Gasteiger partial charge in [0.25, 0.3) is 0 Å². The number of carbonyl (C=O) groups is 1. The van der Waals surface area contributed by atoms with Crippen molar-refractivity contribution in [2.24, 2.45) is 0 Å². The second-order valence-electron chi connectivity index (χ2n) is 6.76. The maximum absolute atomic E-state index is 12.3. The highest BCUT2D eigenvalue weighted by atomic mass is 32.1. The molecule has 0 fully saturated rings. The molecule has 0 aliphatic rings. The summed E-state index contributed by atoms with van der Waals surface area (Å²) in [5, 5.41) is 5.60. The van der Waals surface area contributed by atoms with Gasteiger partial charge in [-0.2, -0.15) is 0 Å². The van der Waals surface area contributed by atoms with Crippen molar-refractivity contribution >= 4 is 17.2 Å². The second-order valence-corrected chi connectivity index (χ2v) is 7.62. The molecule has 0 unspecified atom stereocenters. The number of pyridine rings is 1. The molecule has 1 amide bonds. The molecule has 4 aromatic rings. The zero-order chi connectivity index (χ0) is 20.8. The highest BCUT2D eigenvalue weighted by molar-refractivity contribution is 7.13. The number of nitrogens with one attached hydrogen (secondary N) is 1. The number of nitrogens with zero attached hydrogens (tertiary/aromatic N) is 2. The zero-order valence-electron chi connectivity index (χ0n) is 16.5. The average molecular weight is 420 g/mol. The minimum Gasteiger partial charge on any atom is -0.487 e. The fraction of sp³-hybridized carbons (Fsp3) is 0.174. The van der Waals surface area contributed by atoms with Crippen LogP contribution < -0.4 is 10.1 Å². The molecule has 0 aliphatic heterocycles. The Kier molecular flexibility index (Phi) is 6.20.